The molecule has 0 aromatic heterocycles. The Morgan fingerprint density at radius 3 is 2.37 bits per heavy atom. The van der Waals surface area contributed by atoms with E-state index >= 15 is 0 Å². The number of aryl methyl sites for hydroxylation is 2. The minimum absolute atomic E-state index is 0.0230. The maximum Gasteiger partial charge on any atom is 0.268 e. The average molecular weight is 533 g/mol. The van der Waals surface area contributed by atoms with Gasteiger partial charge in [-0.25, -0.2) is 8.42 Å². The van der Waals surface area contributed by atoms with Crippen molar-refractivity contribution in [3.05, 3.63) is 82.4 Å². The summed E-state index contributed by atoms with van der Waals surface area (Å²) in [6.07, 6.45) is 2.00. The van der Waals surface area contributed by atoms with Gasteiger partial charge in [-0.3, -0.25) is 9.10 Å². The Kier molecular flexibility index (Phi) is 8.74. The molecule has 0 bridgehead atoms. The first-order chi connectivity index (χ1) is 16.6. The number of methoxy groups -OCH3 is 1. The number of rotatable bonds is 9. The molecule has 0 spiro atoms. The molecule has 3 aromatic carbocycles. The molecule has 186 valence electrons. The van der Waals surface area contributed by atoms with Crippen molar-refractivity contribution >= 4 is 45.0 Å². The molecule has 1 N–H and O–H groups in total. The first-order valence-electron chi connectivity index (χ1n) is 10.9. The number of ether oxygens (including phenoxy) is 1. The molecule has 3 aromatic rings. The van der Waals surface area contributed by atoms with Crippen LogP contribution in [0.2, 0.25) is 5.02 Å². The molecule has 0 saturated heterocycles. The highest BCUT2D eigenvalue weighted by molar-refractivity contribution is 7.98. The summed E-state index contributed by atoms with van der Waals surface area (Å²) < 4.78 is 34.1. The van der Waals surface area contributed by atoms with E-state index in [9.17, 15) is 13.2 Å². The number of nitrogens with zero attached hydrogens (tertiary/aromatic N) is 1. The second-order valence-corrected chi connectivity index (χ2v) is 11.3. The zero-order valence-corrected chi connectivity index (χ0v) is 22.7. The summed E-state index contributed by atoms with van der Waals surface area (Å²) in [6.45, 7) is 5.05. The van der Waals surface area contributed by atoms with Crippen molar-refractivity contribution in [1.82, 2.24) is 5.32 Å². The van der Waals surface area contributed by atoms with Crippen LogP contribution in [0.15, 0.2) is 70.5 Å². The molecule has 0 radical (unpaired) electrons. The van der Waals surface area contributed by atoms with Gasteiger partial charge in [0, 0.05) is 9.92 Å². The van der Waals surface area contributed by atoms with E-state index in [-0.39, 0.29) is 22.4 Å². The smallest absolute Gasteiger partial charge is 0.268 e. The average Bonchev–Trinajstić information content (AvgIpc) is 2.84. The maximum absolute atomic E-state index is 13.8. The summed E-state index contributed by atoms with van der Waals surface area (Å²) in [5.41, 5.74) is 2.76. The van der Waals surface area contributed by atoms with E-state index < -0.39 is 22.5 Å². The van der Waals surface area contributed by atoms with Crippen LogP contribution < -0.4 is 14.4 Å². The molecule has 0 fully saturated rings. The molecular formula is C26H29ClN2O4S2. The monoisotopic (exact) mass is 532 g/mol. The molecule has 0 aliphatic rings. The number of nitrogens with one attached hydrogen (secondary N) is 1. The number of carbonyl (C=O) groups excluding carboxylic acids is 1. The van der Waals surface area contributed by atoms with Crippen molar-refractivity contribution in [2.75, 3.05) is 24.2 Å². The fraction of sp³-hybridized carbons (Fsp3) is 0.269. The standard InChI is InChI=1S/C26H29ClN2O4S2/c1-17-6-13-24(33-4)25(14-17)35(31,32)29(21-10-7-18(2)23(27)15-21)16-26(30)28-19(3)20-8-11-22(34-5)12-9-20/h6-15,19H,16H2,1-5H3,(H,28,30). The molecule has 3 rings (SSSR count). The van der Waals surface area contributed by atoms with Crippen molar-refractivity contribution in [2.45, 2.75) is 36.6 Å². The lowest BCUT2D eigenvalue weighted by Gasteiger charge is -2.26. The summed E-state index contributed by atoms with van der Waals surface area (Å²) in [5, 5.41) is 3.31. The van der Waals surface area contributed by atoms with E-state index in [4.69, 9.17) is 16.3 Å². The number of amides is 1. The quantitative estimate of drug-likeness (QED) is 0.355. The lowest BCUT2D eigenvalue weighted by molar-refractivity contribution is -0.120. The molecule has 35 heavy (non-hydrogen) atoms. The van der Waals surface area contributed by atoms with Gasteiger partial charge in [-0.05, 0) is 80.1 Å². The largest absolute Gasteiger partial charge is 0.495 e. The second-order valence-electron chi connectivity index (χ2n) is 8.16. The fourth-order valence-corrected chi connectivity index (χ4v) is 5.79. The van der Waals surface area contributed by atoms with Gasteiger partial charge in [0.05, 0.1) is 18.8 Å². The van der Waals surface area contributed by atoms with E-state index in [1.165, 1.54) is 13.2 Å². The lowest BCUT2D eigenvalue weighted by Crippen LogP contribution is -2.41. The minimum atomic E-state index is -4.17. The summed E-state index contributed by atoms with van der Waals surface area (Å²) in [7, 11) is -2.76. The summed E-state index contributed by atoms with van der Waals surface area (Å²) >= 11 is 7.95. The van der Waals surface area contributed by atoms with Crippen molar-refractivity contribution in [3.63, 3.8) is 0 Å². The zero-order chi connectivity index (χ0) is 25.8. The number of halogens is 1. The molecule has 9 heteroatoms. The van der Waals surface area contributed by atoms with Crippen LogP contribution in [0.25, 0.3) is 0 Å². The first kappa shape index (κ1) is 26.9. The third kappa shape index (κ3) is 6.31. The Morgan fingerprint density at radius 2 is 1.77 bits per heavy atom. The minimum Gasteiger partial charge on any atom is -0.495 e. The predicted octanol–water partition coefficient (Wildman–Crippen LogP) is 5.76. The molecule has 6 nitrogen and oxygen atoms in total. The first-order valence-corrected chi connectivity index (χ1v) is 14.0. The van der Waals surface area contributed by atoms with Crippen LogP contribution in [-0.4, -0.2) is 34.2 Å². The molecular weight excluding hydrogens is 504 g/mol. The number of thioether (sulfide) groups is 1. The van der Waals surface area contributed by atoms with Crippen molar-refractivity contribution in [1.29, 1.82) is 0 Å². The van der Waals surface area contributed by atoms with Gasteiger partial charge in [-0.1, -0.05) is 35.9 Å². The Hall–Kier alpha value is -2.68. The summed E-state index contributed by atoms with van der Waals surface area (Å²) in [6, 6.07) is 17.4. The topological polar surface area (TPSA) is 75.7 Å². The van der Waals surface area contributed by atoms with Crippen molar-refractivity contribution in [3.8, 4) is 5.75 Å². The summed E-state index contributed by atoms with van der Waals surface area (Å²) in [4.78, 5) is 14.2. The predicted molar refractivity (Wildman–Crippen MR) is 143 cm³/mol. The molecule has 0 saturated carbocycles. The maximum atomic E-state index is 13.8. The second kappa shape index (κ2) is 11.4. The zero-order valence-electron chi connectivity index (χ0n) is 20.3. The number of hydrogen-bond acceptors (Lipinski definition) is 5. The van der Waals surface area contributed by atoms with Gasteiger partial charge >= 0.3 is 0 Å². The SMILES string of the molecule is COc1ccc(C)cc1S(=O)(=O)N(CC(=O)NC(C)c1ccc(SC)cc1)c1ccc(C)c(Cl)c1. The van der Waals surface area contributed by atoms with Crippen LogP contribution >= 0.6 is 23.4 Å². The molecule has 1 amide bonds. The van der Waals surface area contributed by atoms with Crippen molar-refractivity contribution in [2.24, 2.45) is 0 Å². The Balaban J connectivity index is 1.96. The van der Waals surface area contributed by atoms with Gasteiger partial charge in [0.15, 0.2) is 0 Å². The highest BCUT2D eigenvalue weighted by Crippen LogP contribution is 2.32. The molecule has 0 aliphatic heterocycles. The van der Waals surface area contributed by atoms with Crippen LogP contribution in [0.3, 0.4) is 0 Å². The number of hydrogen-bond donors (Lipinski definition) is 1. The van der Waals surface area contributed by atoms with E-state index in [0.717, 1.165) is 25.9 Å². The van der Waals surface area contributed by atoms with Crippen LogP contribution in [-0.2, 0) is 14.8 Å². The van der Waals surface area contributed by atoms with Gasteiger partial charge in [-0.2, -0.15) is 0 Å². The van der Waals surface area contributed by atoms with Gasteiger partial charge in [-0.15, -0.1) is 11.8 Å². The number of carbonyl (C=O) groups is 1. The van der Waals surface area contributed by atoms with Gasteiger partial charge in [0.1, 0.15) is 17.2 Å². The van der Waals surface area contributed by atoms with Gasteiger partial charge in [0.2, 0.25) is 5.91 Å². The van der Waals surface area contributed by atoms with Crippen LogP contribution in [0.4, 0.5) is 5.69 Å². The Morgan fingerprint density at radius 1 is 1.09 bits per heavy atom. The lowest BCUT2D eigenvalue weighted by atomic mass is 10.1. The van der Waals surface area contributed by atoms with E-state index in [1.807, 2.05) is 44.4 Å². The Labute approximate surface area is 216 Å². The molecule has 0 heterocycles. The third-order valence-corrected chi connectivity index (χ3v) is 8.56. The number of anilines is 1. The highest BCUT2D eigenvalue weighted by Gasteiger charge is 2.31. The van der Waals surface area contributed by atoms with Crippen LogP contribution in [0.5, 0.6) is 5.75 Å². The van der Waals surface area contributed by atoms with Gasteiger partial charge < -0.3 is 10.1 Å². The van der Waals surface area contributed by atoms with E-state index in [0.29, 0.717) is 5.02 Å². The fourth-order valence-electron chi connectivity index (χ4n) is 3.55. The van der Waals surface area contributed by atoms with Crippen molar-refractivity contribution < 1.29 is 17.9 Å². The number of sulfonamides is 1. The van der Waals surface area contributed by atoms with E-state index in [2.05, 4.69) is 5.32 Å². The molecule has 0 aliphatic carbocycles. The molecule has 1 unspecified atom stereocenters. The Bertz CT molecular complexity index is 1310. The van der Waals surface area contributed by atoms with Crippen LogP contribution in [0.1, 0.15) is 29.7 Å². The van der Waals surface area contributed by atoms with E-state index in [1.54, 1.807) is 49.0 Å². The molecule has 1 atom stereocenters. The van der Waals surface area contributed by atoms with Gasteiger partial charge in [0.25, 0.3) is 10.0 Å². The summed E-state index contributed by atoms with van der Waals surface area (Å²) in [5.74, 6) is -0.250. The van der Waals surface area contributed by atoms with Crippen LogP contribution in [0, 0.1) is 13.8 Å². The number of benzene rings is 3. The highest BCUT2D eigenvalue weighted by atomic mass is 35.5. The normalized spacial score (nSPS) is 12.2. The third-order valence-electron chi connectivity index (χ3n) is 5.61.